The van der Waals surface area contributed by atoms with Crippen LogP contribution < -0.4 is 23.7 Å². The highest BCUT2D eigenvalue weighted by Crippen LogP contribution is 2.38. The number of rotatable bonds is 21. The molecular formula is C48H43ClN4O13. The van der Waals surface area contributed by atoms with Gasteiger partial charge in [-0.1, -0.05) is 67.4 Å². The van der Waals surface area contributed by atoms with Gasteiger partial charge in [-0.3, -0.25) is 4.68 Å². The lowest BCUT2D eigenvalue weighted by atomic mass is 9.98. The summed E-state index contributed by atoms with van der Waals surface area (Å²) in [6, 6.07) is 28.2. The van der Waals surface area contributed by atoms with Crippen LogP contribution in [0.2, 0.25) is 5.02 Å². The summed E-state index contributed by atoms with van der Waals surface area (Å²) < 4.78 is 31.6. The van der Waals surface area contributed by atoms with Crippen LogP contribution in [0.4, 0.5) is 0 Å². The summed E-state index contributed by atoms with van der Waals surface area (Å²) in [7, 11) is 1.55. The zero-order chi connectivity index (χ0) is 46.6. The molecule has 0 aliphatic carbocycles. The molecule has 0 amide bonds. The first-order valence-electron chi connectivity index (χ1n) is 20.7. The summed E-state index contributed by atoms with van der Waals surface area (Å²) in [6.45, 7) is 2.35. The van der Waals surface area contributed by atoms with Crippen LogP contribution >= 0.6 is 11.6 Å². The maximum absolute atomic E-state index is 14.4. The largest absolute Gasteiger partial charge is 0.496 e. The fourth-order valence-electron chi connectivity index (χ4n) is 7.22. The van der Waals surface area contributed by atoms with Crippen molar-refractivity contribution < 1.29 is 53.1 Å². The molecule has 340 valence electrons. The molecule has 0 radical (unpaired) electrons. The Bertz CT molecular complexity index is 2790. The van der Waals surface area contributed by atoms with E-state index in [-0.39, 0.29) is 48.9 Å². The summed E-state index contributed by atoms with van der Waals surface area (Å²) in [5, 5.41) is 24.9. The Hall–Kier alpha value is -7.92. The highest BCUT2D eigenvalue weighted by molar-refractivity contribution is 6.30. The second-order valence-corrected chi connectivity index (χ2v) is 15.3. The molecule has 0 saturated carbocycles. The molecule has 7 rings (SSSR count). The Kier molecular flexibility index (Phi) is 15.1. The van der Waals surface area contributed by atoms with Gasteiger partial charge in [0.25, 0.3) is 10.2 Å². The lowest BCUT2D eigenvalue weighted by Crippen LogP contribution is -2.14. The van der Waals surface area contributed by atoms with Crippen LogP contribution in [0.15, 0.2) is 115 Å². The molecule has 0 saturated heterocycles. The fraction of sp³-hybridized carbons (Fsp3) is 0.229. The molecule has 1 aliphatic heterocycles. The first kappa shape index (κ1) is 46.1. The molecule has 18 heteroatoms. The standard InChI is InChI=1S/C48H43ClN4O13/c1-3-4-18-51-46(42-16-15-38(49)26-45(42)62-30-34-11-5-6-14-41(34)48(55)66-40-13-8-10-32(21-40)29-64-53(58)59)37(27-50-51)23-36(22-35-25-44-33(17-19-61-44)24-43(35)60-2)47(54)65-39-12-7-9-31(20-39)28-63-52(56)57/h5-16,20-21,23-27H,3-4,17-19,22,28-30H2,1-2H3/b36-23+. The zero-order valence-corrected chi connectivity index (χ0v) is 36.6. The number of ether oxygens (including phenoxy) is 5. The van der Waals surface area contributed by atoms with Crippen LogP contribution in [0.3, 0.4) is 0 Å². The molecule has 0 atom stereocenters. The second-order valence-electron chi connectivity index (χ2n) is 14.9. The third-order valence-corrected chi connectivity index (χ3v) is 10.6. The van der Waals surface area contributed by atoms with E-state index >= 15 is 0 Å². The van der Waals surface area contributed by atoms with Gasteiger partial charge in [0, 0.05) is 57.8 Å². The Balaban J connectivity index is 1.23. The zero-order valence-electron chi connectivity index (χ0n) is 35.8. The van der Waals surface area contributed by atoms with Gasteiger partial charge >= 0.3 is 11.9 Å². The first-order chi connectivity index (χ1) is 32.0. The van der Waals surface area contributed by atoms with E-state index in [1.165, 1.54) is 12.1 Å². The predicted molar refractivity (Wildman–Crippen MR) is 239 cm³/mol. The van der Waals surface area contributed by atoms with Crippen LogP contribution in [0.25, 0.3) is 17.3 Å². The topological polar surface area (TPSA) is 203 Å². The van der Waals surface area contributed by atoms with Crippen LogP contribution in [0.5, 0.6) is 28.7 Å². The van der Waals surface area contributed by atoms with Crippen molar-refractivity contribution in [2.75, 3.05) is 13.7 Å². The van der Waals surface area contributed by atoms with E-state index in [4.69, 9.17) is 40.4 Å². The molecule has 66 heavy (non-hydrogen) atoms. The Morgan fingerprint density at radius 2 is 1.55 bits per heavy atom. The van der Waals surface area contributed by atoms with Crippen molar-refractivity contribution in [3.63, 3.8) is 0 Å². The number of carbonyl (C=O) groups is 2. The highest BCUT2D eigenvalue weighted by atomic mass is 35.5. The van der Waals surface area contributed by atoms with E-state index in [9.17, 15) is 29.8 Å². The van der Waals surface area contributed by atoms with E-state index in [1.807, 2.05) is 16.8 Å². The van der Waals surface area contributed by atoms with Gasteiger partial charge in [0.15, 0.2) is 0 Å². The minimum atomic E-state index is -0.902. The highest BCUT2D eigenvalue weighted by Gasteiger charge is 2.24. The molecule has 0 fully saturated rings. The van der Waals surface area contributed by atoms with E-state index in [1.54, 1.807) is 98.2 Å². The number of hydrogen-bond acceptors (Lipinski definition) is 14. The summed E-state index contributed by atoms with van der Waals surface area (Å²) in [5.41, 5.74) is 5.17. The monoisotopic (exact) mass is 918 g/mol. The molecule has 1 aliphatic rings. The number of unbranched alkanes of at least 4 members (excludes halogenated alkanes) is 1. The molecule has 0 N–H and O–H groups in total. The van der Waals surface area contributed by atoms with Crippen molar-refractivity contribution >= 4 is 29.6 Å². The van der Waals surface area contributed by atoms with Gasteiger partial charge in [0.2, 0.25) is 0 Å². The molecule has 1 aromatic heterocycles. The summed E-state index contributed by atoms with van der Waals surface area (Å²) in [4.78, 5) is 58.5. The van der Waals surface area contributed by atoms with E-state index in [2.05, 4.69) is 16.6 Å². The Labute approximate surface area is 383 Å². The van der Waals surface area contributed by atoms with Crippen LogP contribution in [-0.4, -0.2) is 45.6 Å². The molecular weight excluding hydrogens is 876 g/mol. The minimum absolute atomic E-state index is 0.0518. The molecule has 0 bridgehead atoms. The number of carbonyl (C=O) groups excluding carboxylic acids is 2. The van der Waals surface area contributed by atoms with Gasteiger partial charge in [-0.2, -0.15) is 5.10 Å². The van der Waals surface area contributed by atoms with Crippen molar-refractivity contribution in [3.8, 4) is 40.0 Å². The number of benzene rings is 5. The van der Waals surface area contributed by atoms with E-state index in [0.717, 1.165) is 18.4 Å². The van der Waals surface area contributed by atoms with E-state index < -0.39 is 22.1 Å². The summed E-state index contributed by atoms with van der Waals surface area (Å²) >= 11 is 6.60. The second kappa shape index (κ2) is 21.6. The van der Waals surface area contributed by atoms with Crippen LogP contribution in [0, 0.1) is 20.2 Å². The van der Waals surface area contributed by atoms with E-state index in [0.29, 0.717) is 80.9 Å². The molecule has 6 aromatic rings. The quantitative estimate of drug-likeness (QED) is 0.0217. The predicted octanol–water partition coefficient (Wildman–Crippen LogP) is 9.39. The van der Waals surface area contributed by atoms with Crippen molar-refractivity contribution in [1.82, 2.24) is 9.78 Å². The fourth-order valence-corrected chi connectivity index (χ4v) is 7.39. The van der Waals surface area contributed by atoms with Gasteiger partial charge in [0.05, 0.1) is 31.2 Å². The maximum atomic E-state index is 14.4. The maximum Gasteiger partial charge on any atom is 0.343 e. The molecule has 5 aromatic carbocycles. The Morgan fingerprint density at radius 1 is 0.833 bits per heavy atom. The van der Waals surface area contributed by atoms with Gasteiger partial charge in [-0.05, 0) is 84.3 Å². The molecule has 2 heterocycles. The molecule has 0 spiro atoms. The number of aromatic nitrogens is 2. The number of halogens is 1. The number of methoxy groups -OCH3 is 1. The summed E-state index contributed by atoms with van der Waals surface area (Å²) in [6.07, 6.45) is 5.76. The minimum Gasteiger partial charge on any atom is -0.496 e. The van der Waals surface area contributed by atoms with Crippen LogP contribution in [-0.2, 0) is 53.7 Å². The van der Waals surface area contributed by atoms with Crippen molar-refractivity contribution in [2.24, 2.45) is 0 Å². The summed E-state index contributed by atoms with van der Waals surface area (Å²) in [5.74, 6) is 0.534. The molecule has 0 unspecified atom stereocenters. The lowest BCUT2D eigenvalue weighted by Gasteiger charge is -2.17. The number of nitrogens with zero attached hydrogens (tertiary/aromatic N) is 4. The lowest BCUT2D eigenvalue weighted by molar-refractivity contribution is -0.763. The molecule has 17 nitrogen and oxygen atoms in total. The average Bonchev–Trinajstić information content (AvgIpc) is 3.94. The average molecular weight is 919 g/mol. The first-order valence-corrected chi connectivity index (χ1v) is 21.1. The SMILES string of the molecule is CCCCn1ncc(/C=C(\Cc2cc3c(cc2OC)CCO3)C(=O)Oc2cccc(CO[N+](=O)[O-])c2)c1-c1ccc(Cl)cc1OCc1ccccc1C(=O)Oc1cccc(CO[N+](=O)[O-])c1. The van der Waals surface area contributed by atoms with Gasteiger partial charge in [-0.25, -0.2) is 9.59 Å². The number of hydrogen-bond donors (Lipinski definition) is 0. The van der Waals surface area contributed by atoms with Crippen molar-refractivity contribution in [3.05, 3.63) is 179 Å². The third-order valence-electron chi connectivity index (χ3n) is 10.4. The van der Waals surface area contributed by atoms with Crippen LogP contribution in [0.1, 0.15) is 63.5 Å². The Morgan fingerprint density at radius 3 is 2.24 bits per heavy atom. The van der Waals surface area contributed by atoms with Gasteiger partial charge in [0.1, 0.15) is 48.6 Å². The van der Waals surface area contributed by atoms with Crippen molar-refractivity contribution in [2.45, 2.75) is 59.0 Å². The third kappa shape index (κ3) is 11.8. The normalized spacial score (nSPS) is 11.8. The van der Waals surface area contributed by atoms with Crippen molar-refractivity contribution in [1.29, 1.82) is 0 Å². The number of aryl methyl sites for hydroxylation is 1. The van der Waals surface area contributed by atoms with Gasteiger partial charge < -0.3 is 33.4 Å². The van der Waals surface area contributed by atoms with Gasteiger partial charge in [-0.15, -0.1) is 20.2 Å². The number of esters is 2. The number of fused-ring (bicyclic) bond motifs is 1. The smallest absolute Gasteiger partial charge is 0.343 e.